The summed E-state index contributed by atoms with van der Waals surface area (Å²) < 4.78 is 26.6. The number of hydrogen-bond acceptors (Lipinski definition) is 4. The van der Waals surface area contributed by atoms with Gasteiger partial charge in [-0.3, -0.25) is 0 Å². The molecular formula is C15H31N3O2S. The highest BCUT2D eigenvalue weighted by Crippen LogP contribution is 2.21. The number of hydrogen-bond donors (Lipinski definition) is 1. The topological polar surface area (TPSA) is 52.7 Å². The predicted octanol–water partition coefficient (Wildman–Crippen LogP) is 1.12. The van der Waals surface area contributed by atoms with Crippen molar-refractivity contribution in [2.45, 2.75) is 44.6 Å². The van der Waals surface area contributed by atoms with Crippen LogP contribution in [0.4, 0.5) is 0 Å². The van der Waals surface area contributed by atoms with E-state index in [4.69, 9.17) is 0 Å². The Bertz CT molecular complexity index is 397. The van der Waals surface area contributed by atoms with Gasteiger partial charge in [0.05, 0.1) is 5.75 Å². The van der Waals surface area contributed by atoms with Gasteiger partial charge in [0.1, 0.15) is 0 Å². The quantitative estimate of drug-likeness (QED) is 0.798. The van der Waals surface area contributed by atoms with Crippen molar-refractivity contribution in [3.63, 3.8) is 0 Å². The minimum atomic E-state index is -3.05. The summed E-state index contributed by atoms with van der Waals surface area (Å²) in [5.41, 5.74) is 0. The van der Waals surface area contributed by atoms with Gasteiger partial charge in [0.2, 0.25) is 10.0 Å². The van der Waals surface area contributed by atoms with Crippen LogP contribution in [0.15, 0.2) is 0 Å². The van der Waals surface area contributed by atoms with E-state index >= 15 is 0 Å². The third kappa shape index (κ3) is 5.51. The van der Waals surface area contributed by atoms with Gasteiger partial charge in [-0.15, -0.1) is 0 Å². The van der Waals surface area contributed by atoms with Crippen molar-refractivity contribution in [3.8, 4) is 0 Å². The van der Waals surface area contributed by atoms with Crippen molar-refractivity contribution in [1.82, 2.24) is 14.5 Å². The minimum absolute atomic E-state index is 0.309. The van der Waals surface area contributed by atoms with Crippen LogP contribution in [0.3, 0.4) is 0 Å². The SMILES string of the molecule is CN(C)CC1CCN(S(=O)(=O)CCC2CCCCN2)CC1. The lowest BCUT2D eigenvalue weighted by atomic mass is 9.98. The number of nitrogens with one attached hydrogen (secondary N) is 1. The monoisotopic (exact) mass is 317 g/mol. The Kier molecular flexibility index (Phi) is 6.47. The molecule has 0 aliphatic carbocycles. The van der Waals surface area contributed by atoms with Crippen molar-refractivity contribution >= 4 is 10.0 Å². The largest absolute Gasteiger partial charge is 0.314 e. The third-order valence-corrected chi connectivity index (χ3v) is 6.63. The Morgan fingerprint density at radius 1 is 1.14 bits per heavy atom. The summed E-state index contributed by atoms with van der Waals surface area (Å²) in [5.74, 6) is 0.953. The van der Waals surface area contributed by atoms with E-state index in [9.17, 15) is 8.42 Å². The van der Waals surface area contributed by atoms with E-state index in [0.717, 1.165) is 38.8 Å². The molecule has 0 saturated carbocycles. The number of piperidine rings is 2. The Balaban J connectivity index is 1.75. The molecule has 6 heteroatoms. The van der Waals surface area contributed by atoms with E-state index in [1.165, 1.54) is 12.8 Å². The second-order valence-electron chi connectivity index (χ2n) is 6.86. The Labute approximate surface area is 130 Å². The second kappa shape index (κ2) is 7.90. The lowest BCUT2D eigenvalue weighted by Gasteiger charge is -2.33. The molecule has 0 bridgehead atoms. The summed E-state index contributed by atoms with van der Waals surface area (Å²) in [6, 6.07) is 0.403. The fourth-order valence-electron chi connectivity index (χ4n) is 3.48. The molecule has 2 fully saturated rings. The van der Waals surface area contributed by atoms with E-state index in [0.29, 0.717) is 30.8 Å². The van der Waals surface area contributed by atoms with Gasteiger partial charge in [0, 0.05) is 25.7 Å². The lowest BCUT2D eigenvalue weighted by Crippen LogP contribution is -2.43. The highest BCUT2D eigenvalue weighted by molar-refractivity contribution is 7.89. The average Bonchev–Trinajstić information content (AvgIpc) is 2.46. The summed E-state index contributed by atoms with van der Waals surface area (Å²) in [6.45, 7) is 3.53. The molecule has 5 nitrogen and oxygen atoms in total. The summed E-state index contributed by atoms with van der Waals surface area (Å²) in [4.78, 5) is 2.20. The first kappa shape index (κ1) is 17.2. The number of rotatable bonds is 6. The second-order valence-corrected chi connectivity index (χ2v) is 8.94. The molecule has 0 amide bonds. The van der Waals surface area contributed by atoms with Gasteiger partial charge in [0.15, 0.2) is 0 Å². The maximum atomic E-state index is 12.4. The van der Waals surface area contributed by atoms with E-state index in [2.05, 4.69) is 24.3 Å². The molecule has 2 heterocycles. The van der Waals surface area contributed by atoms with Crippen LogP contribution in [0, 0.1) is 5.92 Å². The fourth-order valence-corrected chi connectivity index (χ4v) is 5.08. The summed E-state index contributed by atoms with van der Waals surface area (Å²) in [7, 11) is 1.11. The molecular weight excluding hydrogens is 286 g/mol. The first-order valence-electron chi connectivity index (χ1n) is 8.33. The van der Waals surface area contributed by atoms with Gasteiger partial charge in [0.25, 0.3) is 0 Å². The molecule has 2 aliphatic heterocycles. The fraction of sp³-hybridized carbons (Fsp3) is 1.00. The molecule has 0 radical (unpaired) electrons. The molecule has 0 spiro atoms. The van der Waals surface area contributed by atoms with E-state index < -0.39 is 10.0 Å². The zero-order valence-electron chi connectivity index (χ0n) is 13.6. The smallest absolute Gasteiger partial charge is 0.214 e. The third-order valence-electron chi connectivity index (χ3n) is 4.73. The van der Waals surface area contributed by atoms with Crippen molar-refractivity contribution in [2.24, 2.45) is 5.92 Å². The molecule has 0 aromatic heterocycles. The molecule has 1 N–H and O–H groups in total. The minimum Gasteiger partial charge on any atom is -0.314 e. The maximum absolute atomic E-state index is 12.4. The maximum Gasteiger partial charge on any atom is 0.214 e. The van der Waals surface area contributed by atoms with Gasteiger partial charge in [-0.2, -0.15) is 0 Å². The summed E-state index contributed by atoms with van der Waals surface area (Å²) in [5, 5.41) is 3.43. The molecule has 0 aromatic carbocycles. The van der Waals surface area contributed by atoms with Gasteiger partial charge in [-0.05, 0) is 58.7 Å². The Hall–Kier alpha value is -0.170. The molecule has 21 heavy (non-hydrogen) atoms. The number of nitrogens with zero attached hydrogens (tertiary/aromatic N) is 2. The van der Waals surface area contributed by atoms with E-state index in [1.54, 1.807) is 4.31 Å². The summed E-state index contributed by atoms with van der Waals surface area (Å²) >= 11 is 0. The van der Waals surface area contributed by atoms with Gasteiger partial charge in [-0.25, -0.2) is 12.7 Å². The average molecular weight is 317 g/mol. The van der Waals surface area contributed by atoms with Crippen LogP contribution in [0.25, 0.3) is 0 Å². The van der Waals surface area contributed by atoms with Crippen molar-refractivity contribution in [3.05, 3.63) is 0 Å². The first-order valence-corrected chi connectivity index (χ1v) is 9.94. The predicted molar refractivity (Wildman–Crippen MR) is 86.9 cm³/mol. The van der Waals surface area contributed by atoms with Gasteiger partial charge >= 0.3 is 0 Å². The van der Waals surface area contributed by atoms with Crippen LogP contribution in [0.2, 0.25) is 0 Å². The highest BCUT2D eigenvalue weighted by atomic mass is 32.2. The van der Waals surface area contributed by atoms with Crippen molar-refractivity contribution in [2.75, 3.05) is 46.0 Å². The molecule has 2 saturated heterocycles. The highest BCUT2D eigenvalue weighted by Gasteiger charge is 2.28. The van der Waals surface area contributed by atoms with Gasteiger partial charge in [-0.1, -0.05) is 6.42 Å². The van der Waals surface area contributed by atoms with Gasteiger partial charge < -0.3 is 10.2 Å². The molecule has 2 rings (SSSR count). The van der Waals surface area contributed by atoms with Crippen LogP contribution in [0.5, 0.6) is 0 Å². The van der Waals surface area contributed by atoms with Crippen molar-refractivity contribution < 1.29 is 8.42 Å². The van der Waals surface area contributed by atoms with E-state index in [-0.39, 0.29) is 0 Å². The molecule has 124 valence electrons. The van der Waals surface area contributed by atoms with Crippen LogP contribution in [0.1, 0.15) is 38.5 Å². The van der Waals surface area contributed by atoms with Crippen molar-refractivity contribution in [1.29, 1.82) is 0 Å². The van der Waals surface area contributed by atoms with Crippen LogP contribution in [-0.4, -0.2) is 69.7 Å². The van der Waals surface area contributed by atoms with Crippen LogP contribution in [-0.2, 0) is 10.0 Å². The van der Waals surface area contributed by atoms with Crippen LogP contribution >= 0.6 is 0 Å². The normalized spacial score (nSPS) is 26.3. The molecule has 1 atom stereocenters. The summed E-state index contributed by atoms with van der Waals surface area (Å²) in [6.07, 6.45) is 6.34. The number of sulfonamides is 1. The van der Waals surface area contributed by atoms with Crippen LogP contribution < -0.4 is 5.32 Å². The Morgan fingerprint density at radius 2 is 1.86 bits per heavy atom. The zero-order chi connectivity index (χ0) is 15.3. The van der Waals surface area contributed by atoms with E-state index in [1.807, 2.05) is 0 Å². The Morgan fingerprint density at radius 3 is 2.43 bits per heavy atom. The molecule has 0 aromatic rings. The molecule has 1 unspecified atom stereocenters. The molecule has 2 aliphatic rings. The zero-order valence-corrected chi connectivity index (χ0v) is 14.4. The first-order chi connectivity index (χ1) is 9.97. The lowest BCUT2D eigenvalue weighted by molar-refractivity contribution is 0.224. The standard InChI is InChI=1S/C15H31N3O2S/c1-17(2)13-14-6-10-18(11-7-14)21(19,20)12-8-15-5-3-4-9-16-15/h14-16H,3-13H2,1-2H3.